The third-order valence-corrected chi connectivity index (χ3v) is 8.32. The van der Waals surface area contributed by atoms with Crippen LogP contribution in [0.25, 0.3) is 6.08 Å². The Morgan fingerprint density at radius 2 is 1.66 bits per heavy atom. The predicted molar refractivity (Wildman–Crippen MR) is 156 cm³/mol. The fourth-order valence-electron chi connectivity index (χ4n) is 5.15. The number of ether oxygens (including phenoxy) is 2. The minimum atomic E-state index is -0.126. The Kier molecular flexibility index (Phi) is 8.40. The molecule has 0 radical (unpaired) electrons. The third kappa shape index (κ3) is 5.92. The molecule has 1 amide bonds. The normalized spacial score (nSPS) is 19.7. The highest BCUT2D eigenvalue weighted by Crippen LogP contribution is 2.45. The molecule has 3 aromatic carbocycles. The van der Waals surface area contributed by atoms with Crippen molar-refractivity contribution in [2.24, 2.45) is 11.0 Å². The van der Waals surface area contributed by atoms with E-state index in [2.05, 4.69) is 30.3 Å². The van der Waals surface area contributed by atoms with Crippen LogP contribution in [0.1, 0.15) is 42.0 Å². The molecule has 0 bridgehead atoms. The third-order valence-electron chi connectivity index (χ3n) is 7.08. The van der Waals surface area contributed by atoms with Crippen LogP contribution >= 0.6 is 23.4 Å². The van der Waals surface area contributed by atoms with Crippen molar-refractivity contribution in [2.75, 3.05) is 20.0 Å². The van der Waals surface area contributed by atoms with Gasteiger partial charge in [0, 0.05) is 16.7 Å². The van der Waals surface area contributed by atoms with Gasteiger partial charge in [0.1, 0.15) is 11.5 Å². The van der Waals surface area contributed by atoms with E-state index in [4.69, 9.17) is 26.2 Å². The lowest BCUT2D eigenvalue weighted by atomic mass is 9.77. The SMILES string of the molecule is COc1ccc(/C=C2/CCC[C@@H]3C2=NN(C(=O)CSCc2ccc(Cl)cc2)[C@@H]3c2ccc(OC)cc2)cc1. The molecule has 5 rings (SSSR count). The average molecular weight is 547 g/mol. The second-order valence-electron chi connectivity index (χ2n) is 9.50. The zero-order chi connectivity index (χ0) is 26.5. The van der Waals surface area contributed by atoms with Crippen molar-refractivity contribution < 1.29 is 14.3 Å². The summed E-state index contributed by atoms with van der Waals surface area (Å²) in [5.74, 6) is 2.91. The van der Waals surface area contributed by atoms with Crippen LogP contribution in [-0.4, -0.2) is 36.6 Å². The number of hydrazone groups is 1. The Bertz CT molecular complexity index is 1320. The van der Waals surface area contributed by atoms with Crippen molar-refractivity contribution in [1.82, 2.24) is 5.01 Å². The first-order valence-electron chi connectivity index (χ1n) is 12.8. The minimum absolute atomic E-state index is 0.0236. The van der Waals surface area contributed by atoms with Crippen molar-refractivity contribution in [2.45, 2.75) is 31.1 Å². The molecule has 5 nitrogen and oxygen atoms in total. The van der Waals surface area contributed by atoms with Crippen LogP contribution in [-0.2, 0) is 10.5 Å². The van der Waals surface area contributed by atoms with Crippen LogP contribution in [0.4, 0.5) is 0 Å². The number of fused-ring (bicyclic) bond motifs is 1. The summed E-state index contributed by atoms with van der Waals surface area (Å²) in [4.78, 5) is 13.6. The molecule has 0 unspecified atom stereocenters. The highest BCUT2D eigenvalue weighted by molar-refractivity contribution is 7.99. The van der Waals surface area contributed by atoms with E-state index in [1.165, 1.54) is 5.57 Å². The number of amides is 1. The summed E-state index contributed by atoms with van der Waals surface area (Å²) in [6.07, 6.45) is 5.21. The van der Waals surface area contributed by atoms with E-state index in [1.807, 2.05) is 48.5 Å². The zero-order valence-corrected chi connectivity index (χ0v) is 23.2. The summed E-state index contributed by atoms with van der Waals surface area (Å²) in [5, 5.41) is 7.46. The number of halogens is 1. The van der Waals surface area contributed by atoms with Gasteiger partial charge in [-0.2, -0.15) is 5.10 Å². The quantitative estimate of drug-likeness (QED) is 0.295. The smallest absolute Gasteiger partial charge is 0.253 e. The molecule has 7 heteroatoms. The summed E-state index contributed by atoms with van der Waals surface area (Å²) in [5.41, 5.74) is 5.56. The Hall–Kier alpha value is -3.22. The second kappa shape index (κ2) is 12.1. The van der Waals surface area contributed by atoms with Crippen LogP contribution < -0.4 is 9.47 Å². The molecular formula is C31H31ClN2O3S. The molecule has 0 saturated heterocycles. The fourth-order valence-corrected chi connectivity index (χ4v) is 6.11. The van der Waals surface area contributed by atoms with Crippen LogP contribution in [0.2, 0.25) is 5.02 Å². The van der Waals surface area contributed by atoms with Crippen molar-refractivity contribution in [1.29, 1.82) is 0 Å². The number of thioether (sulfide) groups is 1. The number of rotatable bonds is 8. The van der Waals surface area contributed by atoms with Crippen molar-refractivity contribution >= 4 is 41.1 Å². The Balaban J connectivity index is 1.40. The monoisotopic (exact) mass is 546 g/mol. The second-order valence-corrected chi connectivity index (χ2v) is 10.9. The molecule has 1 aliphatic heterocycles. The molecule has 3 aromatic rings. The van der Waals surface area contributed by atoms with E-state index in [1.54, 1.807) is 31.0 Å². The van der Waals surface area contributed by atoms with E-state index in [-0.39, 0.29) is 17.9 Å². The standard InChI is InChI=1S/C31H31ClN2O3S/c1-36-26-14-8-21(9-15-26)18-24-4-3-5-28-30(24)33-34(31(28)23-10-16-27(37-2)17-11-23)29(35)20-38-19-22-6-12-25(32)13-7-22/h6-18,28,31H,3-5,19-20H2,1-2H3/b24-18-/t28-,31-/m1/s1. The first-order chi connectivity index (χ1) is 18.6. The molecule has 38 heavy (non-hydrogen) atoms. The molecule has 1 saturated carbocycles. The highest BCUT2D eigenvalue weighted by atomic mass is 35.5. The number of hydrogen-bond donors (Lipinski definition) is 0. The number of benzene rings is 3. The number of nitrogens with zero attached hydrogens (tertiary/aromatic N) is 2. The van der Waals surface area contributed by atoms with E-state index < -0.39 is 0 Å². The highest BCUT2D eigenvalue weighted by Gasteiger charge is 2.43. The number of carbonyl (C=O) groups excluding carboxylic acids is 1. The summed E-state index contributed by atoms with van der Waals surface area (Å²) in [7, 11) is 3.34. The average Bonchev–Trinajstić information content (AvgIpc) is 3.35. The van der Waals surface area contributed by atoms with Crippen LogP contribution in [0.15, 0.2) is 83.5 Å². The Morgan fingerprint density at radius 1 is 1.00 bits per heavy atom. The van der Waals surface area contributed by atoms with E-state index >= 15 is 0 Å². The molecule has 1 fully saturated rings. The summed E-state index contributed by atoms with van der Waals surface area (Å²) in [6, 6.07) is 23.7. The predicted octanol–water partition coefficient (Wildman–Crippen LogP) is 7.41. The molecule has 0 aromatic heterocycles. The molecule has 0 N–H and O–H groups in total. The number of carbonyl (C=O) groups is 1. The molecule has 2 atom stereocenters. The van der Waals surface area contributed by atoms with E-state index in [9.17, 15) is 4.79 Å². The fraction of sp³-hybridized carbons (Fsp3) is 0.290. The van der Waals surface area contributed by atoms with Gasteiger partial charge in [-0.15, -0.1) is 11.8 Å². The number of hydrogen-bond acceptors (Lipinski definition) is 5. The van der Waals surface area contributed by atoms with E-state index in [0.29, 0.717) is 10.8 Å². The molecule has 0 spiro atoms. The molecule has 1 aliphatic carbocycles. The van der Waals surface area contributed by atoms with Gasteiger partial charge in [0.05, 0.1) is 31.7 Å². The summed E-state index contributed by atoms with van der Waals surface area (Å²) in [6.45, 7) is 0. The van der Waals surface area contributed by atoms with Gasteiger partial charge in [0.2, 0.25) is 0 Å². The topological polar surface area (TPSA) is 51.1 Å². The van der Waals surface area contributed by atoms with Crippen LogP contribution in [0.5, 0.6) is 11.5 Å². The van der Waals surface area contributed by atoms with Gasteiger partial charge in [-0.25, -0.2) is 5.01 Å². The molecular weight excluding hydrogens is 516 g/mol. The van der Waals surface area contributed by atoms with Gasteiger partial charge < -0.3 is 9.47 Å². The maximum Gasteiger partial charge on any atom is 0.253 e. The van der Waals surface area contributed by atoms with Crippen LogP contribution in [0.3, 0.4) is 0 Å². The van der Waals surface area contributed by atoms with Gasteiger partial charge in [-0.05, 0) is 84.0 Å². The summed E-state index contributed by atoms with van der Waals surface area (Å²) < 4.78 is 10.7. The first kappa shape index (κ1) is 26.4. The van der Waals surface area contributed by atoms with Crippen molar-refractivity contribution in [3.8, 4) is 11.5 Å². The molecule has 2 aliphatic rings. The van der Waals surface area contributed by atoms with Crippen molar-refractivity contribution in [3.63, 3.8) is 0 Å². The van der Waals surface area contributed by atoms with Gasteiger partial charge in [-0.3, -0.25) is 4.79 Å². The Labute approximate surface area is 233 Å². The maximum absolute atomic E-state index is 13.6. The lowest BCUT2D eigenvalue weighted by Gasteiger charge is -2.29. The van der Waals surface area contributed by atoms with Gasteiger partial charge in [-0.1, -0.05) is 48.0 Å². The Morgan fingerprint density at radius 3 is 2.32 bits per heavy atom. The van der Waals surface area contributed by atoms with Gasteiger partial charge in [0.25, 0.3) is 5.91 Å². The number of allylic oxidation sites excluding steroid dienone is 1. The summed E-state index contributed by atoms with van der Waals surface area (Å²) >= 11 is 7.61. The zero-order valence-electron chi connectivity index (χ0n) is 21.6. The van der Waals surface area contributed by atoms with Gasteiger partial charge in [0.15, 0.2) is 0 Å². The molecule has 1 heterocycles. The maximum atomic E-state index is 13.6. The lowest BCUT2D eigenvalue weighted by Crippen LogP contribution is -2.32. The van der Waals surface area contributed by atoms with Crippen LogP contribution in [0, 0.1) is 5.92 Å². The largest absolute Gasteiger partial charge is 0.497 e. The molecule has 196 valence electrons. The first-order valence-corrected chi connectivity index (χ1v) is 14.3. The minimum Gasteiger partial charge on any atom is -0.497 e. The van der Waals surface area contributed by atoms with E-state index in [0.717, 1.165) is 58.9 Å². The number of methoxy groups -OCH3 is 2. The van der Waals surface area contributed by atoms with Crippen molar-refractivity contribution in [3.05, 3.63) is 100 Å². The van der Waals surface area contributed by atoms with Gasteiger partial charge >= 0.3 is 0 Å². The lowest BCUT2D eigenvalue weighted by molar-refractivity contribution is -0.130.